The van der Waals surface area contributed by atoms with Gasteiger partial charge < -0.3 is 10.3 Å². The van der Waals surface area contributed by atoms with E-state index in [2.05, 4.69) is 31.2 Å². The van der Waals surface area contributed by atoms with Gasteiger partial charge in [-0.25, -0.2) is 4.98 Å². The number of H-pyrrole nitrogens is 1. The maximum Gasteiger partial charge on any atom is 0.416 e. The highest BCUT2D eigenvalue weighted by Crippen LogP contribution is 2.34. The van der Waals surface area contributed by atoms with Crippen molar-refractivity contribution in [3.8, 4) is 0 Å². The number of hydrogen-bond acceptors (Lipinski definition) is 3. The Labute approximate surface area is 124 Å². The fourth-order valence-corrected chi connectivity index (χ4v) is 1.98. The number of aromatic amines is 1. The molecule has 0 amide bonds. The molecule has 1 aromatic carbocycles. The molecule has 0 spiro atoms. The molecule has 0 fully saturated rings. The number of hydrogen-bond donors (Lipinski definition) is 2. The largest absolute Gasteiger partial charge is 0.416 e. The average molecular weight is 369 g/mol. The number of nitrogens with zero attached hydrogens (tertiary/aromatic N) is 1. The number of benzene rings is 1. The fourth-order valence-electron chi connectivity index (χ4n) is 1.43. The van der Waals surface area contributed by atoms with Crippen molar-refractivity contribution in [1.82, 2.24) is 9.97 Å². The van der Waals surface area contributed by atoms with E-state index in [0.717, 1.165) is 18.5 Å². The lowest BCUT2D eigenvalue weighted by atomic mass is 10.2. The summed E-state index contributed by atoms with van der Waals surface area (Å²) in [4.78, 5) is 17.5. The predicted octanol–water partition coefficient (Wildman–Crippen LogP) is 3.95. The third kappa shape index (κ3) is 3.31. The Morgan fingerprint density at radius 2 is 2.00 bits per heavy atom. The van der Waals surface area contributed by atoms with Gasteiger partial charge in [0.2, 0.25) is 0 Å². The predicted molar refractivity (Wildman–Crippen MR) is 72.3 cm³/mol. The van der Waals surface area contributed by atoms with Gasteiger partial charge in [0.1, 0.15) is 4.47 Å². The topological polar surface area (TPSA) is 57.8 Å². The first-order valence-corrected chi connectivity index (χ1v) is 6.32. The van der Waals surface area contributed by atoms with Gasteiger partial charge in [-0.15, -0.1) is 0 Å². The lowest BCUT2D eigenvalue weighted by molar-refractivity contribution is -0.137. The van der Waals surface area contributed by atoms with Gasteiger partial charge in [-0.1, -0.05) is 11.6 Å². The van der Waals surface area contributed by atoms with E-state index >= 15 is 0 Å². The zero-order valence-electron chi connectivity index (χ0n) is 9.55. The zero-order chi connectivity index (χ0) is 14.9. The SMILES string of the molecule is O=c1[nH]cnc(Nc2cc(Cl)cc(C(F)(F)F)c2)c1Br. The Bertz CT molecular complexity index is 702. The fraction of sp³-hybridized carbons (Fsp3) is 0.0909. The summed E-state index contributed by atoms with van der Waals surface area (Å²) < 4.78 is 38.1. The highest BCUT2D eigenvalue weighted by atomic mass is 79.9. The average Bonchev–Trinajstić information content (AvgIpc) is 2.33. The van der Waals surface area contributed by atoms with E-state index in [9.17, 15) is 18.0 Å². The van der Waals surface area contributed by atoms with Crippen molar-refractivity contribution in [3.63, 3.8) is 0 Å². The van der Waals surface area contributed by atoms with E-state index in [-0.39, 0.29) is 21.0 Å². The second-order valence-electron chi connectivity index (χ2n) is 3.75. The highest BCUT2D eigenvalue weighted by Gasteiger charge is 2.31. The van der Waals surface area contributed by atoms with Crippen molar-refractivity contribution in [2.24, 2.45) is 0 Å². The van der Waals surface area contributed by atoms with Crippen LogP contribution < -0.4 is 10.9 Å². The summed E-state index contributed by atoms with van der Waals surface area (Å²) in [5.74, 6) is 0.0872. The molecule has 4 nitrogen and oxygen atoms in total. The molecule has 0 saturated heterocycles. The van der Waals surface area contributed by atoms with Crippen LogP contribution >= 0.6 is 27.5 Å². The molecule has 0 atom stereocenters. The van der Waals surface area contributed by atoms with Crippen molar-refractivity contribution in [2.75, 3.05) is 5.32 Å². The summed E-state index contributed by atoms with van der Waals surface area (Å²) in [6.07, 6.45) is -3.38. The molecule has 2 rings (SSSR count). The summed E-state index contributed by atoms with van der Waals surface area (Å²) in [6, 6.07) is 2.99. The third-order valence-corrected chi connectivity index (χ3v) is 3.24. The van der Waals surface area contributed by atoms with Crippen LogP contribution in [0.5, 0.6) is 0 Å². The number of halogens is 5. The first kappa shape index (κ1) is 14.9. The van der Waals surface area contributed by atoms with E-state index in [1.54, 1.807) is 0 Å². The van der Waals surface area contributed by atoms with Crippen molar-refractivity contribution in [1.29, 1.82) is 0 Å². The maximum atomic E-state index is 12.7. The molecule has 0 aliphatic heterocycles. The van der Waals surface area contributed by atoms with Crippen LogP contribution in [-0.4, -0.2) is 9.97 Å². The van der Waals surface area contributed by atoms with Crippen LogP contribution in [0.15, 0.2) is 33.8 Å². The third-order valence-electron chi connectivity index (χ3n) is 2.28. The summed E-state index contributed by atoms with van der Waals surface area (Å²) in [6.45, 7) is 0. The van der Waals surface area contributed by atoms with Crippen molar-refractivity contribution >= 4 is 39.0 Å². The normalized spacial score (nSPS) is 11.4. The number of nitrogens with one attached hydrogen (secondary N) is 2. The summed E-state index contributed by atoms with van der Waals surface area (Å²) in [5, 5.41) is 2.52. The van der Waals surface area contributed by atoms with Crippen LogP contribution in [0.4, 0.5) is 24.7 Å². The van der Waals surface area contributed by atoms with Crippen LogP contribution in [0.2, 0.25) is 5.02 Å². The molecule has 106 valence electrons. The van der Waals surface area contributed by atoms with Gasteiger partial charge in [-0.2, -0.15) is 13.2 Å². The Morgan fingerprint density at radius 1 is 1.30 bits per heavy atom. The first-order valence-electron chi connectivity index (χ1n) is 5.15. The van der Waals surface area contributed by atoms with Gasteiger partial charge in [0.05, 0.1) is 11.9 Å². The Balaban J connectivity index is 2.42. The molecule has 1 aromatic heterocycles. The monoisotopic (exact) mass is 367 g/mol. The molecule has 20 heavy (non-hydrogen) atoms. The molecule has 0 aliphatic rings. The van der Waals surface area contributed by atoms with Crippen LogP contribution in [0.3, 0.4) is 0 Å². The van der Waals surface area contributed by atoms with Gasteiger partial charge in [-0.3, -0.25) is 4.79 Å². The molecular formula is C11H6BrClF3N3O. The number of aromatic nitrogens is 2. The molecule has 2 aromatic rings. The molecule has 0 unspecified atom stereocenters. The molecule has 0 bridgehead atoms. The van der Waals surface area contributed by atoms with Gasteiger partial charge in [0.25, 0.3) is 5.56 Å². The van der Waals surface area contributed by atoms with Gasteiger partial charge in [-0.05, 0) is 34.1 Å². The van der Waals surface area contributed by atoms with Gasteiger partial charge in [0, 0.05) is 10.7 Å². The standard InChI is InChI=1S/C11H6BrClF3N3O/c12-8-9(17-4-18-10(8)20)19-7-2-5(11(14,15)16)1-6(13)3-7/h1-4H,(H2,17,18,19,20). The van der Waals surface area contributed by atoms with Crippen LogP contribution in [0.25, 0.3) is 0 Å². The highest BCUT2D eigenvalue weighted by molar-refractivity contribution is 9.10. The molecular weight excluding hydrogens is 362 g/mol. The van der Waals surface area contributed by atoms with Crippen molar-refractivity contribution in [2.45, 2.75) is 6.18 Å². The second-order valence-corrected chi connectivity index (χ2v) is 4.98. The van der Waals surface area contributed by atoms with Gasteiger partial charge >= 0.3 is 6.18 Å². The van der Waals surface area contributed by atoms with E-state index in [0.29, 0.717) is 0 Å². The molecule has 0 saturated carbocycles. The summed E-state index contributed by atoms with van der Waals surface area (Å²) in [5.41, 5.74) is -1.28. The minimum Gasteiger partial charge on any atom is -0.339 e. The lowest BCUT2D eigenvalue weighted by Gasteiger charge is -2.11. The number of anilines is 2. The quantitative estimate of drug-likeness (QED) is 0.844. The Hall–Kier alpha value is -1.54. The van der Waals surface area contributed by atoms with Crippen LogP contribution in [-0.2, 0) is 6.18 Å². The molecule has 2 N–H and O–H groups in total. The molecule has 1 heterocycles. The minimum absolute atomic E-state index is 0.0728. The summed E-state index contributed by atoms with van der Waals surface area (Å²) >= 11 is 8.64. The van der Waals surface area contributed by atoms with E-state index in [1.807, 2.05) is 0 Å². The minimum atomic E-state index is -4.51. The lowest BCUT2D eigenvalue weighted by Crippen LogP contribution is -2.10. The maximum absolute atomic E-state index is 12.7. The van der Waals surface area contributed by atoms with E-state index in [1.165, 1.54) is 6.07 Å². The van der Waals surface area contributed by atoms with E-state index in [4.69, 9.17) is 11.6 Å². The van der Waals surface area contributed by atoms with Crippen LogP contribution in [0, 0.1) is 0 Å². The number of rotatable bonds is 2. The summed E-state index contributed by atoms with van der Waals surface area (Å²) in [7, 11) is 0. The first-order chi connectivity index (χ1) is 9.27. The Morgan fingerprint density at radius 3 is 2.65 bits per heavy atom. The van der Waals surface area contributed by atoms with Crippen molar-refractivity contribution < 1.29 is 13.2 Å². The zero-order valence-corrected chi connectivity index (χ0v) is 11.9. The van der Waals surface area contributed by atoms with Crippen molar-refractivity contribution in [3.05, 3.63) is 49.9 Å². The van der Waals surface area contributed by atoms with E-state index < -0.39 is 17.3 Å². The molecule has 9 heteroatoms. The van der Waals surface area contributed by atoms with Gasteiger partial charge in [0.15, 0.2) is 5.82 Å². The number of alkyl halides is 3. The molecule has 0 aliphatic carbocycles. The Kier molecular flexibility index (Phi) is 4.05. The second kappa shape index (κ2) is 5.45. The smallest absolute Gasteiger partial charge is 0.339 e. The molecule has 0 radical (unpaired) electrons. The van der Waals surface area contributed by atoms with Crippen LogP contribution in [0.1, 0.15) is 5.56 Å².